The molecule has 2 aromatic heterocycles. The molecule has 0 spiro atoms. The number of rotatable bonds is 3. The molecule has 6 nitrogen and oxygen atoms in total. The number of hydrogen-bond donors (Lipinski definition) is 2. The topological polar surface area (TPSA) is 79.8 Å². The summed E-state index contributed by atoms with van der Waals surface area (Å²) in [5.74, 6) is 0. The number of nitrogens with zero attached hydrogens (tertiary/aromatic N) is 2. The van der Waals surface area contributed by atoms with Crippen molar-refractivity contribution in [3.8, 4) is 0 Å². The van der Waals surface area contributed by atoms with Gasteiger partial charge in [-0.05, 0) is 31.5 Å². The number of hydrogen-bond acceptors (Lipinski definition) is 4. The highest BCUT2D eigenvalue weighted by molar-refractivity contribution is 7.70. The maximum absolute atomic E-state index is 12.5. The van der Waals surface area contributed by atoms with Crippen molar-refractivity contribution in [2.24, 2.45) is 7.05 Å². The highest BCUT2D eigenvalue weighted by Crippen LogP contribution is 2.38. The predicted octanol–water partition coefficient (Wildman–Crippen LogP) is 2.91. The van der Waals surface area contributed by atoms with Crippen LogP contribution in [0.4, 0.5) is 11.4 Å². The van der Waals surface area contributed by atoms with Crippen molar-refractivity contribution in [1.82, 2.24) is 14.8 Å². The summed E-state index contributed by atoms with van der Waals surface area (Å²) in [6, 6.07) is 8.91. The summed E-state index contributed by atoms with van der Waals surface area (Å²) in [7, 11) is -0.861. The molecule has 0 saturated heterocycles. The van der Waals surface area contributed by atoms with Gasteiger partial charge in [0.15, 0.2) is 5.65 Å². The Kier molecular flexibility index (Phi) is 3.82. The molecule has 0 unspecified atom stereocenters. The lowest BCUT2D eigenvalue weighted by atomic mass is 10.2. The zero-order valence-corrected chi connectivity index (χ0v) is 14.6. The molecule has 3 rings (SSSR count). The molecule has 0 bridgehead atoms. The summed E-state index contributed by atoms with van der Waals surface area (Å²) < 4.78 is 13.8. The third-order valence-electron chi connectivity index (χ3n) is 3.53. The number of aryl methyl sites for hydroxylation is 1. The molecule has 0 atom stereocenters. The van der Waals surface area contributed by atoms with E-state index in [4.69, 9.17) is 11.6 Å². The van der Waals surface area contributed by atoms with Crippen LogP contribution in [0.5, 0.6) is 0 Å². The van der Waals surface area contributed by atoms with Crippen LogP contribution in [0.3, 0.4) is 0 Å². The van der Waals surface area contributed by atoms with Crippen LogP contribution in [0, 0.1) is 0 Å². The van der Waals surface area contributed by atoms with Crippen molar-refractivity contribution in [3.05, 3.63) is 45.8 Å². The summed E-state index contributed by atoms with van der Waals surface area (Å²) in [5.41, 5.74) is 1.41. The van der Waals surface area contributed by atoms with E-state index in [1.54, 1.807) is 26.4 Å². The molecule has 0 radical (unpaired) electrons. The summed E-state index contributed by atoms with van der Waals surface area (Å²) in [5, 5.41) is 7.43. The molecule has 0 aliphatic rings. The number of fused-ring (bicyclic) bond motifs is 1. The molecule has 0 fully saturated rings. The standard InChI is InChI=1S/C15H16ClN4O2P/c1-20-15(21)13-10(8-12(16)18-14(13)19-20)17-9-6-4-5-7-11(9)23(2,3)22/h4-8H,1-3H3,(H2,17,18,19). The van der Waals surface area contributed by atoms with Crippen molar-refractivity contribution in [3.63, 3.8) is 0 Å². The van der Waals surface area contributed by atoms with Gasteiger partial charge in [0.05, 0.1) is 5.69 Å². The van der Waals surface area contributed by atoms with Gasteiger partial charge in [-0.15, -0.1) is 0 Å². The zero-order valence-electron chi connectivity index (χ0n) is 12.9. The van der Waals surface area contributed by atoms with Crippen LogP contribution in [0.2, 0.25) is 5.15 Å². The lowest BCUT2D eigenvalue weighted by Gasteiger charge is -2.15. The lowest BCUT2D eigenvalue weighted by molar-refractivity contribution is 0.588. The quantitative estimate of drug-likeness (QED) is 0.562. The van der Waals surface area contributed by atoms with Gasteiger partial charge in [0.2, 0.25) is 0 Å². The zero-order chi connectivity index (χ0) is 16.8. The van der Waals surface area contributed by atoms with Gasteiger partial charge in [-0.2, -0.15) is 0 Å². The normalized spacial score (nSPS) is 11.8. The molecule has 8 heteroatoms. The van der Waals surface area contributed by atoms with E-state index in [2.05, 4.69) is 15.4 Å². The van der Waals surface area contributed by atoms with Crippen molar-refractivity contribution in [2.75, 3.05) is 18.6 Å². The minimum Gasteiger partial charge on any atom is -0.354 e. The van der Waals surface area contributed by atoms with Crippen LogP contribution in [-0.2, 0) is 11.6 Å². The van der Waals surface area contributed by atoms with E-state index in [0.29, 0.717) is 27.7 Å². The van der Waals surface area contributed by atoms with Crippen molar-refractivity contribution >= 4 is 46.5 Å². The first kappa shape index (κ1) is 15.8. The maximum Gasteiger partial charge on any atom is 0.277 e. The molecule has 2 heterocycles. The van der Waals surface area contributed by atoms with Gasteiger partial charge in [0, 0.05) is 18.0 Å². The third kappa shape index (κ3) is 2.92. The Hall–Kier alpha value is -2.04. The van der Waals surface area contributed by atoms with Crippen LogP contribution >= 0.6 is 18.7 Å². The fraction of sp³-hybridized carbons (Fsp3) is 0.200. The second kappa shape index (κ2) is 5.55. The van der Waals surface area contributed by atoms with E-state index >= 15 is 0 Å². The van der Waals surface area contributed by atoms with E-state index in [9.17, 15) is 9.36 Å². The molecule has 3 aromatic rings. The molecular weight excluding hydrogens is 335 g/mol. The van der Waals surface area contributed by atoms with Gasteiger partial charge < -0.3 is 9.88 Å². The van der Waals surface area contributed by atoms with Gasteiger partial charge in [-0.25, -0.2) is 4.98 Å². The minimum absolute atomic E-state index is 0.208. The molecule has 2 N–H and O–H groups in total. The molecule has 0 aliphatic heterocycles. The second-order valence-corrected chi connectivity index (χ2v) is 9.26. The van der Waals surface area contributed by atoms with E-state index < -0.39 is 7.14 Å². The van der Waals surface area contributed by atoms with Crippen molar-refractivity contribution in [1.29, 1.82) is 0 Å². The number of aromatic amines is 1. The largest absolute Gasteiger partial charge is 0.354 e. The van der Waals surface area contributed by atoms with Crippen molar-refractivity contribution < 1.29 is 4.57 Å². The molecule has 0 aliphatic carbocycles. The Morgan fingerprint density at radius 1 is 1.26 bits per heavy atom. The number of aromatic nitrogens is 3. The van der Waals surface area contributed by atoms with Gasteiger partial charge in [-0.1, -0.05) is 23.7 Å². The lowest BCUT2D eigenvalue weighted by Crippen LogP contribution is -2.13. The average molecular weight is 351 g/mol. The first-order chi connectivity index (χ1) is 10.8. The average Bonchev–Trinajstić information content (AvgIpc) is 2.73. The number of para-hydroxylation sites is 1. The Labute approximate surface area is 137 Å². The first-order valence-corrected chi connectivity index (χ1v) is 9.92. The molecule has 0 saturated carbocycles. The second-order valence-electron chi connectivity index (χ2n) is 5.69. The van der Waals surface area contributed by atoms with Gasteiger partial charge in [0.25, 0.3) is 5.56 Å². The van der Waals surface area contributed by atoms with Crippen LogP contribution in [0.25, 0.3) is 11.0 Å². The van der Waals surface area contributed by atoms with Crippen LogP contribution in [-0.4, -0.2) is 28.1 Å². The summed E-state index contributed by atoms with van der Waals surface area (Å²) in [4.78, 5) is 16.4. The van der Waals surface area contributed by atoms with E-state index in [1.807, 2.05) is 24.3 Å². The van der Waals surface area contributed by atoms with Gasteiger partial charge in [-0.3, -0.25) is 14.6 Å². The van der Waals surface area contributed by atoms with Gasteiger partial charge in [0.1, 0.15) is 17.7 Å². The maximum atomic E-state index is 12.5. The minimum atomic E-state index is -2.47. The van der Waals surface area contributed by atoms with Crippen molar-refractivity contribution in [2.45, 2.75) is 0 Å². The third-order valence-corrected chi connectivity index (χ3v) is 5.28. The summed E-state index contributed by atoms with van der Waals surface area (Å²) in [6.45, 7) is 3.41. The smallest absolute Gasteiger partial charge is 0.277 e. The molecular formula is C15H16ClN4O2P. The Bertz CT molecular complexity index is 1000. The fourth-order valence-corrected chi connectivity index (χ4v) is 3.83. The number of H-pyrrole nitrogens is 1. The predicted molar refractivity (Wildman–Crippen MR) is 95.2 cm³/mol. The monoisotopic (exact) mass is 350 g/mol. The number of benzene rings is 1. The Morgan fingerprint density at radius 3 is 2.65 bits per heavy atom. The summed E-state index contributed by atoms with van der Waals surface area (Å²) >= 11 is 6.04. The highest BCUT2D eigenvalue weighted by Gasteiger charge is 2.18. The van der Waals surface area contributed by atoms with Gasteiger partial charge >= 0.3 is 0 Å². The van der Waals surface area contributed by atoms with E-state index in [1.165, 1.54) is 4.68 Å². The Morgan fingerprint density at radius 2 is 1.96 bits per heavy atom. The molecule has 120 valence electrons. The van der Waals surface area contributed by atoms with Crippen LogP contribution in [0.15, 0.2) is 35.1 Å². The number of anilines is 2. The SMILES string of the molecule is Cn1[nH]c2nc(Cl)cc(Nc3ccccc3P(C)(C)=O)c2c1=O. The van der Waals surface area contributed by atoms with E-state index in [0.717, 1.165) is 0 Å². The Balaban J connectivity index is 2.21. The van der Waals surface area contributed by atoms with E-state index in [-0.39, 0.29) is 10.7 Å². The summed E-state index contributed by atoms with van der Waals surface area (Å²) in [6.07, 6.45) is 0. The number of pyridine rings is 1. The van der Waals surface area contributed by atoms with Crippen LogP contribution in [0.1, 0.15) is 0 Å². The number of halogens is 1. The number of nitrogens with one attached hydrogen (secondary N) is 2. The highest BCUT2D eigenvalue weighted by atomic mass is 35.5. The molecule has 0 amide bonds. The molecule has 23 heavy (non-hydrogen) atoms. The molecule has 1 aromatic carbocycles. The van der Waals surface area contributed by atoms with Crippen LogP contribution < -0.4 is 16.2 Å². The fourth-order valence-electron chi connectivity index (χ4n) is 2.48. The first-order valence-electron chi connectivity index (χ1n) is 6.94.